The molecule has 2 rings (SSSR count). The van der Waals surface area contributed by atoms with Crippen LogP contribution in [-0.4, -0.2) is 29.1 Å². The first-order chi connectivity index (χ1) is 10.1. The van der Waals surface area contributed by atoms with E-state index < -0.39 is 5.97 Å². The molecule has 7 heteroatoms. The van der Waals surface area contributed by atoms with Gasteiger partial charge in [0, 0.05) is 5.56 Å². The van der Waals surface area contributed by atoms with Gasteiger partial charge in [-0.2, -0.15) is 0 Å². The molecule has 1 heterocycles. The van der Waals surface area contributed by atoms with Crippen LogP contribution in [0.25, 0.3) is 10.6 Å². The van der Waals surface area contributed by atoms with E-state index >= 15 is 0 Å². The standard InChI is InChI=1S/C14H13NO5S/c1-3-19-14(18)12-8(2)15-13(21-12)9-4-5-10(17)11(6-9)20-7-16/h4-7,17H,3H2,1-2H3. The summed E-state index contributed by atoms with van der Waals surface area (Å²) in [5, 5.41) is 10.1. The molecule has 6 nitrogen and oxygen atoms in total. The van der Waals surface area contributed by atoms with Gasteiger partial charge in [0.25, 0.3) is 6.47 Å². The van der Waals surface area contributed by atoms with Gasteiger partial charge >= 0.3 is 5.97 Å². The lowest BCUT2D eigenvalue weighted by Crippen LogP contribution is -2.03. The van der Waals surface area contributed by atoms with Crippen molar-refractivity contribution in [2.75, 3.05) is 6.61 Å². The molecular formula is C14H13NO5S. The highest BCUT2D eigenvalue weighted by molar-refractivity contribution is 7.17. The number of esters is 1. The second kappa shape index (κ2) is 6.36. The number of carbonyl (C=O) groups excluding carboxylic acids is 2. The lowest BCUT2D eigenvalue weighted by Gasteiger charge is -2.03. The summed E-state index contributed by atoms with van der Waals surface area (Å²) < 4.78 is 9.64. The fourth-order valence-corrected chi connectivity index (χ4v) is 2.66. The number of thiazole rings is 1. The fraction of sp³-hybridized carbons (Fsp3) is 0.214. The quantitative estimate of drug-likeness (QED) is 0.675. The Hall–Kier alpha value is -2.41. The zero-order chi connectivity index (χ0) is 15.4. The summed E-state index contributed by atoms with van der Waals surface area (Å²) in [6, 6.07) is 4.51. The second-order valence-electron chi connectivity index (χ2n) is 4.05. The number of carbonyl (C=O) groups is 2. The third-order valence-electron chi connectivity index (χ3n) is 2.64. The minimum absolute atomic E-state index is 0.0352. The Morgan fingerprint density at radius 3 is 2.90 bits per heavy atom. The molecule has 2 aromatic rings. The third kappa shape index (κ3) is 3.19. The van der Waals surface area contributed by atoms with Gasteiger partial charge in [0.05, 0.1) is 12.3 Å². The molecule has 1 aromatic carbocycles. The van der Waals surface area contributed by atoms with E-state index in [0.717, 1.165) is 0 Å². The molecule has 0 aliphatic rings. The summed E-state index contributed by atoms with van der Waals surface area (Å²) in [5.74, 6) is -0.528. The van der Waals surface area contributed by atoms with Crippen LogP contribution < -0.4 is 4.74 Å². The van der Waals surface area contributed by atoms with E-state index in [1.54, 1.807) is 19.9 Å². The number of hydrogen-bond acceptors (Lipinski definition) is 7. The average Bonchev–Trinajstić information content (AvgIpc) is 2.84. The minimum atomic E-state index is -0.415. The first kappa shape index (κ1) is 15.0. The van der Waals surface area contributed by atoms with Crippen LogP contribution in [-0.2, 0) is 9.53 Å². The molecule has 0 atom stereocenters. The van der Waals surface area contributed by atoms with E-state index in [1.807, 2.05) is 0 Å². The number of aromatic nitrogens is 1. The van der Waals surface area contributed by atoms with Gasteiger partial charge in [-0.05, 0) is 32.0 Å². The summed E-state index contributed by atoms with van der Waals surface area (Å²) in [5.41, 5.74) is 1.20. The van der Waals surface area contributed by atoms with Crippen LogP contribution in [0.5, 0.6) is 11.5 Å². The minimum Gasteiger partial charge on any atom is -0.504 e. The molecule has 0 fully saturated rings. The Labute approximate surface area is 125 Å². The summed E-state index contributed by atoms with van der Waals surface area (Å²) in [4.78, 5) is 26.9. The van der Waals surface area contributed by atoms with Crippen molar-refractivity contribution in [3.63, 3.8) is 0 Å². The average molecular weight is 307 g/mol. The highest BCUT2D eigenvalue weighted by atomic mass is 32.1. The molecule has 0 saturated carbocycles. The lowest BCUT2D eigenvalue weighted by molar-refractivity contribution is -0.120. The summed E-state index contributed by atoms with van der Waals surface area (Å²) in [6.45, 7) is 3.98. The van der Waals surface area contributed by atoms with E-state index in [2.05, 4.69) is 9.72 Å². The van der Waals surface area contributed by atoms with Gasteiger partial charge in [-0.15, -0.1) is 11.3 Å². The van der Waals surface area contributed by atoms with Crippen molar-refractivity contribution >= 4 is 23.8 Å². The summed E-state index contributed by atoms with van der Waals surface area (Å²) >= 11 is 1.18. The van der Waals surface area contributed by atoms with Crippen molar-refractivity contribution in [3.8, 4) is 22.1 Å². The molecule has 0 amide bonds. The molecule has 0 saturated heterocycles. The Kier molecular flexibility index (Phi) is 4.54. The van der Waals surface area contributed by atoms with E-state index in [-0.39, 0.29) is 18.0 Å². The Morgan fingerprint density at radius 1 is 1.48 bits per heavy atom. The van der Waals surface area contributed by atoms with Crippen molar-refractivity contribution in [1.29, 1.82) is 0 Å². The van der Waals surface area contributed by atoms with Crippen LogP contribution in [0.4, 0.5) is 0 Å². The molecule has 0 aliphatic heterocycles. The lowest BCUT2D eigenvalue weighted by atomic mass is 10.2. The van der Waals surface area contributed by atoms with Crippen molar-refractivity contribution in [3.05, 3.63) is 28.8 Å². The van der Waals surface area contributed by atoms with Gasteiger partial charge in [-0.25, -0.2) is 9.78 Å². The number of aryl methyl sites for hydroxylation is 1. The first-order valence-corrected chi connectivity index (χ1v) is 6.96. The smallest absolute Gasteiger partial charge is 0.350 e. The molecule has 0 bridgehead atoms. The topological polar surface area (TPSA) is 85.7 Å². The first-order valence-electron chi connectivity index (χ1n) is 6.15. The summed E-state index contributed by atoms with van der Waals surface area (Å²) in [6.07, 6.45) is 0. The predicted molar refractivity (Wildman–Crippen MR) is 76.6 cm³/mol. The van der Waals surface area contributed by atoms with E-state index in [1.165, 1.54) is 23.5 Å². The van der Waals surface area contributed by atoms with Gasteiger partial charge in [0.2, 0.25) is 0 Å². The number of benzene rings is 1. The summed E-state index contributed by atoms with van der Waals surface area (Å²) in [7, 11) is 0. The number of hydrogen-bond donors (Lipinski definition) is 1. The maximum atomic E-state index is 11.8. The van der Waals surface area contributed by atoms with Crippen LogP contribution in [0.1, 0.15) is 22.3 Å². The highest BCUT2D eigenvalue weighted by Crippen LogP contribution is 2.34. The van der Waals surface area contributed by atoms with Gasteiger partial charge in [-0.1, -0.05) is 0 Å². The van der Waals surface area contributed by atoms with E-state index in [9.17, 15) is 14.7 Å². The Balaban J connectivity index is 2.39. The van der Waals surface area contributed by atoms with Crippen LogP contribution in [0, 0.1) is 6.92 Å². The van der Waals surface area contributed by atoms with Crippen LogP contribution in [0.3, 0.4) is 0 Å². The van der Waals surface area contributed by atoms with Gasteiger partial charge in [0.1, 0.15) is 9.88 Å². The van der Waals surface area contributed by atoms with Crippen LogP contribution in [0.15, 0.2) is 18.2 Å². The maximum absolute atomic E-state index is 11.8. The van der Waals surface area contributed by atoms with E-state index in [4.69, 9.17) is 4.74 Å². The largest absolute Gasteiger partial charge is 0.504 e. The number of phenolic OH excluding ortho intramolecular Hbond substituents is 1. The van der Waals surface area contributed by atoms with Crippen molar-refractivity contribution < 1.29 is 24.2 Å². The molecule has 0 spiro atoms. The zero-order valence-electron chi connectivity index (χ0n) is 11.5. The third-order valence-corrected chi connectivity index (χ3v) is 3.83. The Bertz CT molecular complexity index is 680. The number of nitrogens with zero attached hydrogens (tertiary/aromatic N) is 1. The highest BCUT2D eigenvalue weighted by Gasteiger charge is 2.18. The molecule has 21 heavy (non-hydrogen) atoms. The van der Waals surface area contributed by atoms with Crippen molar-refractivity contribution in [2.45, 2.75) is 13.8 Å². The van der Waals surface area contributed by atoms with Gasteiger partial charge < -0.3 is 14.6 Å². The number of aromatic hydroxyl groups is 1. The maximum Gasteiger partial charge on any atom is 0.350 e. The molecule has 0 unspecified atom stereocenters. The zero-order valence-corrected chi connectivity index (χ0v) is 12.3. The number of rotatable bonds is 5. The van der Waals surface area contributed by atoms with Gasteiger partial charge in [-0.3, -0.25) is 4.79 Å². The van der Waals surface area contributed by atoms with Crippen molar-refractivity contribution in [2.24, 2.45) is 0 Å². The molecule has 1 aromatic heterocycles. The number of ether oxygens (including phenoxy) is 2. The SMILES string of the molecule is CCOC(=O)c1sc(-c2ccc(O)c(OC=O)c2)nc1C. The normalized spacial score (nSPS) is 10.2. The van der Waals surface area contributed by atoms with Gasteiger partial charge in [0.15, 0.2) is 11.5 Å². The van der Waals surface area contributed by atoms with Crippen LogP contribution >= 0.6 is 11.3 Å². The monoisotopic (exact) mass is 307 g/mol. The molecular weight excluding hydrogens is 294 g/mol. The van der Waals surface area contributed by atoms with E-state index in [0.29, 0.717) is 27.7 Å². The van der Waals surface area contributed by atoms with Crippen molar-refractivity contribution in [1.82, 2.24) is 4.98 Å². The molecule has 0 radical (unpaired) electrons. The fourth-order valence-electron chi connectivity index (χ4n) is 1.70. The Morgan fingerprint density at radius 2 is 2.24 bits per heavy atom. The molecule has 1 N–H and O–H groups in total. The molecule has 110 valence electrons. The van der Waals surface area contributed by atoms with Crippen LogP contribution in [0.2, 0.25) is 0 Å². The second-order valence-corrected chi connectivity index (χ2v) is 5.05. The molecule has 0 aliphatic carbocycles. The number of phenols is 1. The predicted octanol–water partition coefficient (Wildman–Crippen LogP) is 2.54.